The van der Waals surface area contributed by atoms with Crippen LogP contribution in [0.25, 0.3) is 10.8 Å². The number of hydrogen-bond acceptors (Lipinski definition) is 8. The third-order valence-electron chi connectivity index (χ3n) is 7.71. The lowest BCUT2D eigenvalue weighted by atomic mass is 9.99. The van der Waals surface area contributed by atoms with E-state index in [9.17, 15) is 19.2 Å². The zero-order valence-corrected chi connectivity index (χ0v) is 27.2. The van der Waals surface area contributed by atoms with Gasteiger partial charge in [0.2, 0.25) is 5.91 Å². The molecular formula is C34H41N3O8. The van der Waals surface area contributed by atoms with Crippen molar-refractivity contribution in [1.29, 1.82) is 0 Å². The molecule has 11 heteroatoms. The van der Waals surface area contributed by atoms with Crippen LogP contribution < -0.4 is 19.7 Å². The summed E-state index contributed by atoms with van der Waals surface area (Å²) in [7, 11) is 4.34. The molecule has 1 aliphatic rings. The normalized spacial score (nSPS) is 17.0. The van der Waals surface area contributed by atoms with E-state index in [0.717, 1.165) is 16.3 Å². The molecule has 3 aromatic carbocycles. The second kappa shape index (κ2) is 13.1. The third-order valence-corrected chi connectivity index (χ3v) is 7.71. The van der Waals surface area contributed by atoms with Crippen LogP contribution in [0.3, 0.4) is 0 Å². The number of esters is 1. The molecule has 1 heterocycles. The first-order valence-corrected chi connectivity index (χ1v) is 14.7. The van der Waals surface area contributed by atoms with E-state index in [-0.39, 0.29) is 6.54 Å². The van der Waals surface area contributed by atoms with Gasteiger partial charge in [-0.25, -0.2) is 9.59 Å². The van der Waals surface area contributed by atoms with Crippen LogP contribution in [-0.4, -0.2) is 73.8 Å². The number of likely N-dealkylation sites (N-methyl/N-ethyl adjacent to an activating group) is 1. The quantitative estimate of drug-likeness (QED) is 0.367. The highest BCUT2D eigenvalue weighted by Crippen LogP contribution is 2.38. The number of methoxy groups -OCH3 is 2. The number of nitrogens with zero attached hydrogens (tertiary/aromatic N) is 2. The molecule has 240 valence electrons. The predicted molar refractivity (Wildman–Crippen MR) is 170 cm³/mol. The van der Waals surface area contributed by atoms with E-state index in [1.165, 1.54) is 19.1 Å². The van der Waals surface area contributed by atoms with Crippen LogP contribution in [0.4, 0.5) is 10.5 Å². The fraction of sp³-hybridized carbons (Fsp3) is 0.412. The number of aryl methyl sites for hydroxylation is 1. The van der Waals surface area contributed by atoms with E-state index in [1.807, 2.05) is 31.2 Å². The molecule has 1 aliphatic heterocycles. The van der Waals surface area contributed by atoms with Crippen LogP contribution in [0, 0.1) is 6.92 Å². The zero-order chi connectivity index (χ0) is 33.2. The van der Waals surface area contributed by atoms with E-state index in [1.54, 1.807) is 70.9 Å². The summed E-state index contributed by atoms with van der Waals surface area (Å²) in [6, 6.07) is 12.3. The third kappa shape index (κ3) is 7.13. The Bertz CT molecular complexity index is 1630. The summed E-state index contributed by atoms with van der Waals surface area (Å²) in [5.74, 6) is -0.384. The standard InChI is InChI=1S/C34H41N3O8/c1-19-10-14-26-28(16-19)44-21(3)29(35-30(38)20(2)36(7)33(41)45-34(4,5)6)31(39)37(26)18-25-24-13-11-23(32(40)43-9)17-22(24)12-15-27(25)42-8/h10-17,20-21,29H,18H2,1-9H3,(H,35,38)/t20?,21-,29-/m0/s1. The number of ether oxygens (including phenoxy) is 4. The van der Waals surface area contributed by atoms with Crippen LogP contribution in [-0.2, 0) is 25.6 Å². The first-order chi connectivity index (χ1) is 21.1. The van der Waals surface area contributed by atoms with Crippen molar-refractivity contribution in [3.8, 4) is 11.5 Å². The summed E-state index contributed by atoms with van der Waals surface area (Å²) in [6.45, 7) is 10.5. The van der Waals surface area contributed by atoms with E-state index < -0.39 is 47.7 Å². The summed E-state index contributed by atoms with van der Waals surface area (Å²) in [5.41, 5.74) is 1.81. The van der Waals surface area contributed by atoms with Crippen molar-refractivity contribution >= 4 is 40.3 Å². The largest absolute Gasteiger partial charge is 0.496 e. The Hall–Kier alpha value is -4.80. The van der Waals surface area contributed by atoms with Gasteiger partial charge < -0.3 is 29.2 Å². The molecule has 0 bridgehead atoms. The van der Waals surface area contributed by atoms with E-state index in [4.69, 9.17) is 18.9 Å². The maximum Gasteiger partial charge on any atom is 0.410 e. The molecule has 1 unspecified atom stereocenters. The minimum Gasteiger partial charge on any atom is -0.496 e. The summed E-state index contributed by atoms with van der Waals surface area (Å²) >= 11 is 0. The van der Waals surface area contributed by atoms with Crippen LogP contribution in [0.5, 0.6) is 11.5 Å². The molecule has 4 rings (SSSR count). The molecule has 0 radical (unpaired) electrons. The Kier molecular flexibility index (Phi) is 9.60. The number of anilines is 1. The highest BCUT2D eigenvalue weighted by molar-refractivity contribution is 6.03. The maximum atomic E-state index is 14.4. The molecule has 0 aromatic heterocycles. The summed E-state index contributed by atoms with van der Waals surface area (Å²) < 4.78 is 22.3. The monoisotopic (exact) mass is 619 g/mol. The SMILES string of the molecule is COC(=O)c1ccc2c(CN3C(=O)[C@@H](NC(=O)C(C)N(C)C(=O)OC(C)(C)C)[C@H](C)Oc4cc(C)ccc43)c(OC)ccc2c1. The number of carbonyl (C=O) groups is 4. The van der Waals surface area contributed by atoms with Crippen molar-refractivity contribution in [2.24, 2.45) is 0 Å². The molecule has 1 N–H and O–H groups in total. The molecule has 0 saturated heterocycles. The topological polar surface area (TPSA) is 124 Å². The molecule has 3 aromatic rings. The number of hydrogen-bond donors (Lipinski definition) is 1. The van der Waals surface area contributed by atoms with Gasteiger partial charge in [0.1, 0.15) is 35.3 Å². The van der Waals surface area contributed by atoms with Gasteiger partial charge in [0.25, 0.3) is 5.91 Å². The first-order valence-electron chi connectivity index (χ1n) is 14.7. The Morgan fingerprint density at radius 1 is 1.07 bits per heavy atom. The summed E-state index contributed by atoms with van der Waals surface area (Å²) in [6.07, 6.45) is -1.41. The number of nitrogens with one attached hydrogen (secondary N) is 1. The number of benzene rings is 3. The molecule has 0 saturated carbocycles. The minimum atomic E-state index is -1.09. The highest BCUT2D eigenvalue weighted by Gasteiger charge is 2.39. The van der Waals surface area contributed by atoms with Gasteiger partial charge in [-0.15, -0.1) is 0 Å². The van der Waals surface area contributed by atoms with E-state index in [0.29, 0.717) is 28.3 Å². The maximum absolute atomic E-state index is 14.4. The van der Waals surface area contributed by atoms with E-state index in [2.05, 4.69) is 5.32 Å². The molecule has 3 atom stereocenters. The lowest BCUT2D eigenvalue weighted by Crippen LogP contribution is -2.57. The van der Waals surface area contributed by atoms with Gasteiger partial charge in [-0.1, -0.05) is 18.2 Å². The van der Waals surface area contributed by atoms with Crippen molar-refractivity contribution in [1.82, 2.24) is 10.2 Å². The van der Waals surface area contributed by atoms with Crippen molar-refractivity contribution < 1.29 is 38.1 Å². The van der Waals surface area contributed by atoms with Crippen molar-refractivity contribution in [3.05, 3.63) is 65.2 Å². The molecule has 0 fully saturated rings. The fourth-order valence-corrected chi connectivity index (χ4v) is 5.11. The Morgan fingerprint density at radius 3 is 2.42 bits per heavy atom. The van der Waals surface area contributed by atoms with Gasteiger partial charge in [-0.3, -0.25) is 14.5 Å². The molecule has 0 aliphatic carbocycles. The fourth-order valence-electron chi connectivity index (χ4n) is 5.11. The second-order valence-corrected chi connectivity index (χ2v) is 12.1. The summed E-state index contributed by atoms with van der Waals surface area (Å²) in [4.78, 5) is 55.5. The number of carbonyl (C=O) groups excluding carboxylic acids is 4. The first kappa shape index (κ1) is 33.1. The molecular weight excluding hydrogens is 578 g/mol. The number of rotatable bonds is 7. The predicted octanol–water partition coefficient (Wildman–Crippen LogP) is 5.00. The number of amides is 3. The zero-order valence-electron chi connectivity index (χ0n) is 27.2. The van der Waals surface area contributed by atoms with Crippen LogP contribution in [0.2, 0.25) is 0 Å². The lowest BCUT2D eigenvalue weighted by Gasteiger charge is -2.31. The molecule has 0 spiro atoms. The van der Waals surface area contributed by atoms with Crippen molar-refractivity contribution in [3.63, 3.8) is 0 Å². The van der Waals surface area contributed by atoms with Crippen LogP contribution in [0.1, 0.15) is 56.1 Å². The van der Waals surface area contributed by atoms with Gasteiger partial charge in [0.05, 0.1) is 32.0 Å². The second-order valence-electron chi connectivity index (χ2n) is 12.1. The average molecular weight is 620 g/mol. The molecule has 45 heavy (non-hydrogen) atoms. The smallest absolute Gasteiger partial charge is 0.410 e. The van der Waals surface area contributed by atoms with Crippen LogP contribution in [0.15, 0.2) is 48.5 Å². The Labute approximate surface area is 263 Å². The van der Waals surface area contributed by atoms with Gasteiger partial charge in [0, 0.05) is 12.6 Å². The van der Waals surface area contributed by atoms with Crippen molar-refractivity contribution in [2.45, 2.75) is 71.9 Å². The minimum absolute atomic E-state index is 0.0722. The average Bonchev–Trinajstić information content (AvgIpc) is 3.08. The van der Waals surface area contributed by atoms with Crippen LogP contribution >= 0.6 is 0 Å². The Morgan fingerprint density at radius 2 is 1.78 bits per heavy atom. The number of fused-ring (bicyclic) bond motifs is 2. The van der Waals surface area contributed by atoms with Crippen molar-refractivity contribution in [2.75, 3.05) is 26.2 Å². The molecule has 3 amide bonds. The molecule has 11 nitrogen and oxygen atoms in total. The summed E-state index contributed by atoms with van der Waals surface area (Å²) in [5, 5.41) is 4.36. The lowest BCUT2D eigenvalue weighted by molar-refractivity contribution is -0.131. The van der Waals surface area contributed by atoms with Gasteiger partial charge in [-0.05, 0) is 88.2 Å². The van der Waals surface area contributed by atoms with Gasteiger partial charge >= 0.3 is 12.1 Å². The highest BCUT2D eigenvalue weighted by atomic mass is 16.6. The van der Waals surface area contributed by atoms with Gasteiger partial charge in [0.15, 0.2) is 0 Å². The van der Waals surface area contributed by atoms with Gasteiger partial charge in [-0.2, -0.15) is 0 Å². The Balaban J connectivity index is 1.73. The van der Waals surface area contributed by atoms with E-state index >= 15 is 0 Å².